The third kappa shape index (κ3) is 4.21. The molecular formula is C17H10Cl3N3O6. The number of aromatic carboxylic acids is 1. The lowest BCUT2D eigenvalue weighted by molar-refractivity contribution is 0.0693. The highest BCUT2D eigenvalue weighted by Gasteiger charge is 2.17. The van der Waals surface area contributed by atoms with Gasteiger partial charge in [-0.15, -0.1) is 5.10 Å². The minimum absolute atomic E-state index is 0.00350. The number of methoxy groups -OCH3 is 1. The maximum Gasteiger partial charge on any atom is 0.349 e. The van der Waals surface area contributed by atoms with Gasteiger partial charge in [0, 0.05) is 0 Å². The minimum Gasteiger partial charge on any atom is -0.496 e. The number of carboxylic acid groups (broad SMARTS) is 1. The summed E-state index contributed by atoms with van der Waals surface area (Å²) < 4.78 is 11.4. The molecule has 29 heavy (non-hydrogen) atoms. The van der Waals surface area contributed by atoms with Crippen LogP contribution < -0.4 is 20.7 Å². The molecule has 0 spiro atoms. The van der Waals surface area contributed by atoms with Crippen LogP contribution in [0.1, 0.15) is 10.4 Å². The van der Waals surface area contributed by atoms with Crippen LogP contribution in [0.15, 0.2) is 39.9 Å². The molecule has 0 saturated heterocycles. The Balaban J connectivity index is 2.02. The molecule has 0 aliphatic heterocycles. The van der Waals surface area contributed by atoms with E-state index in [1.54, 1.807) is 0 Å². The van der Waals surface area contributed by atoms with Gasteiger partial charge in [0.1, 0.15) is 17.1 Å². The highest BCUT2D eigenvalue weighted by Crippen LogP contribution is 2.39. The molecule has 0 aliphatic carbocycles. The van der Waals surface area contributed by atoms with E-state index < -0.39 is 22.4 Å². The molecule has 1 aromatic heterocycles. The van der Waals surface area contributed by atoms with Gasteiger partial charge in [0.15, 0.2) is 5.75 Å². The topological polar surface area (TPSA) is 124 Å². The third-order valence-corrected chi connectivity index (χ3v) is 4.45. The molecule has 150 valence electrons. The number of carboxylic acids is 1. The highest BCUT2D eigenvalue weighted by atomic mass is 35.5. The van der Waals surface area contributed by atoms with Gasteiger partial charge in [0.25, 0.3) is 5.56 Å². The van der Waals surface area contributed by atoms with Gasteiger partial charge in [-0.3, -0.25) is 9.78 Å². The van der Waals surface area contributed by atoms with Crippen LogP contribution >= 0.6 is 34.8 Å². The van der Waals surface area contributed by atoms with Crippen LogP contribution in [0.3, 0.4) is 0 Å². The maximum atomic E-state index is 12.0. The molecule has 1 heterocycles. The van der Waals surface area contributed by atoms with Crippen LogP contribution in [0.25, 0.3) is 5.69 Å². The molecule has 2 aromatic carbocycles. The smallest absolute Gasteiger partial charge is 0.349 e. The number of hydrogen-bond donors (Lipinski definition) is 2. The number of nitrogens with zero attached hydrogens (tertiary/aromatic N) is 2. The van der Waals surface area contributed by atoms with Crippen LogP contribution in [0.4, 0.5) is 0 Å². The summed E-state index contributed by atoms with van der Waals surface area (Å²) >= 11 is 18.1. The normalized spacial score (nSPS) is 10.6. The fourth-order valence-electron chi connectivity index (χ4n) is 2.36. The van der Waals surface area contributed by atoms with Gasteiger partial charge in [-0.25, -0.2) is 9.59 Å². The molecule has 0 unspecified atom stereocenters. The summed E-state index contributed by atoms with van der Waals surface area (Å²) in [5.74, 6) is -0.901. The quantitative estimate of drug-likeness (QED) is 0.600. The SMILES string of the molecule is COc1ccc(Oc2c(Cl)cc(-n3nc(Cl)c(=O)[nH]c3=O)cc2Cl)cc1C(=O)O. The van der Waals surface area contributed by atoms with E-state index in [9.17, 15) is 19.5 Å². The molecule has 3 rings (SSSR count). The number of nitrogens with one attached hydrogen (secondary N) is 1. The van der Waals surface area contributed by atoms with E-state index in [-0.39, 0.29) is 38.5 Å². The van der Waals surface area contributed by atoms with E-state index in [4.69, 9.17) is 44.3 Å². The van der Waals surface area contributed by atoms with Gasteiger partial charge in [0.05, 0.1) is 22.8 Å². The van der Waals surface area contributed by atoms with Crippen molar-refractivity contribution in [1.29, 1.82) is 0 Å². The van der Waals surface area contributed by atoms with Crippen LogP contribution in [0, 0.1) is 0 Å². The first kappa shape index (κ1) is 20.7. The first-order chi connectivity index (χ1) is 13.7. The van der Waals surface area contributed by atoms with E-state index in [0.717, 1.165) is 4.68 Å². The molecule has 2 N–H and O–H groups in total. The van der Waals surface area contributed by atoms with Crippen molar-refractivity contribution in [2.45, 2.75) is 0 Å². The largest absolute Gasteiger partial charge is 0.496 e. The summed E-state index contributed by atoms with van der Waals surface area (Å²) in [7, 11) is 1.34. The number of benzene rings is 2. The van der Waals surface area contributed by atoms with Crippen molar-refractivity contribution >= 4 is 40.8 Å². The van der Waals surface area contributed by atoms with E-state index in [2.05, 4.69) is 5.10 Å². The van der Waals surface area contributed by atoms with Gasteiger partial charge < -0.3 is 14.6 Å². The molecule has 3 aromatic rings. The zero-order valence-electron chi connectivity index (χ0n) is 14.4. The summed E-state index contributed by atoms with van der Waals surface area (Å²) in [6.07, 6.45) is 0. The Hall–Kier alpha value is -3.01. The highest BCUT2D eigenvalue weighted by molar-refractivity contribution is 6.37. The van der Waals surface area contributed by atoms with Crippen LogP contribution in [-0.4, -0.2) is 33.0 Å². The Bertz CT molecular complexity index is 1210. The zero-order chi connectivity index (χ0) is 21.3. The second-order valence-corrected chi connectivity index (χ2v) is 6.64. The lowest BCUT2D eigenvalue weighted by Gasteiger charge is -2.13. The molecule has 0 atom stereocenters. The van der Waals surface area contributed by atoms with Gasteiger partial charge >= 0.3 is 11.7 Å². The predicted octanol–water partition coefficient (Wildman–Crippen LogP) is 3.38. The Labute approximate surface area is 177 Å². The average Bonchev–Trinajstić information content (AvgIpc) is 2.67. The Morgan fingerprint density at radius 1 is 1.14 bits per heavy atom. The van der Waals surface area contributed by atoms with Crippen molar-refractivity contribution in [2.24, 2.45) is 0 Å². The summed E-state index contributed by atoms with van der Waals surface area (Å²) in [5, 5.41) is 12.5. The van der Waals surface area contributed by atoms with Crippen LogP contribution in [0.5, 0.6) is 17.2 Å². The maximum absolute atomic E-state index is 12.0. The van der Waals surface area contributed by atoms with Crippen LogP contribution in [-0.2, 0) is 0 Å². The molecule has 0 amide bonds. The second kappa shape index (κ2) is 8.16. The van der Waals surface area contributed by atoms with Gasteiger partial charge in [0.2, 0.25) is 5.15 Å². The Morgan fingerprint density at radius 3 is 2.38 bits per heavy atom. The average molecular weight is 459 g/mol. The first-order valence-electron chi connectivity index (χ1n) is 7.69. The van der Waals surface area contributed by atoms with Crippen molar-refractivity contribution in [3.8, 4) is 22.9 Å². The number of aromatic nitrogens is 3. The lowest BCUT2D eigenvalue weighted by atomic mass is 10.2. The second-order valence-electron chi connectivity index (χ2n) is 5.47. The summed E-state index contributed by atoms with van der Waals surface area (Å²) in [5.41, 5.74) is -1.68. The minimum atomic E-state index is -1.21. The predicted molar refractivity (Wildman–Crippen MR) is 106 cm³/mol. The Kier molecular flexibility index (Phi) is 5.83. The van der Waals surface area contributed by atoms with E-state index >= 15 is 0 Å². The van der Waals surface area contributed by atoms with Crippen molar-refractivity contribution < 1.29 is 19.4 Å². The number of H-pyrrole nitrogens is 1. The monoisotopic (exact) mass is 457 g/mol. The van der Waals surface area contributed by atoms with Crippen LogP contribution in [0.2, 0.25) is 15.2 Å². The number of ether oxygens (including phenoxy) is 2. The third-order valence-electron chi connectivity index (χ3n) is 3.64. The number of halogens is 3. The number of rotatable bonds is 5. The molecule has 12 heteroatoms. The molecular weight excluding hydrogens is 449 g/mol. The van der Waals surface area contributed by atoms with Crippen molar-refractivity contribution in [2.75, 3.05) is 7.11 Å². The summed E-state index contributed by atoms with van der Waals surface area (Å²) in [4.78, 5) is 36.6. The van der Waals surface area contributed by atoms with E-state index in [1.807, 2.05) is 4.98 Å². The number of aromatic amines is 1. The molecule has 0 bridgehead atoms. The van der Waals surface area contributed by atoms with Gasteiger partial charge in [-0.2, -0.15) is 4.68 Å². The summed E-state index contributed by atoms with van der Waals surface area (Å²) in [6, 6.07) is 6.76. The van der Waals surface area contributed by atoms with Crippen molar-refractivity contribution in [3.63, 3.8) is 0 Å². The van der Waals surface area contributed by atoms with Gasteiger partial charge in [-0.05, 0) is 30.3 Å². The molecule has 0 radical (unpaired) electrons. The molecule has 0 aliphatic rings. The Morgan fingerprint density at radius 2 is 1.79 bits per heavy atom. The lowest BCUT2D eigenvalue weighted by Crippen LogP contribution is -2.31. The molecule has 0 saturated carbocycles. The van der Waals surface area contributed by atoms with Crippen molar-refractivity contribution in [3.05, 3.63) is 71.9 Å². The zero-order valence-corrected chi connectivity index (χ0v) is 16.7. The molecule has 0 fully saturated rings. The fraction of sp³-hybridized carbons (Fsp3) is 0.0588. The number of hydrogen-bond acceptors (Lipinski definition) is 6. The molecule has 9 nitrogen and oxygen atoms in total. The summed E-state index contributed by atoms with van der Waals surface area (Å²) in [6.45, 7) is 0. The number of carbonyl (C=O) groups is 1. The fourth-order valence-corrected chi connectivity index (χ4v) is 3.03. The standard InChI is InChI=1S/C17H10Cl3N3O6/c1-28-12-3-2-8(6-9(12)16(25)26)29-13-10(18)4-7(5-11(13)19)23-17(27)21-15(24)14(20)22-23/h2-6H,1H3,(H,25,26)(H,21,24,27). The van der Waals surface area contributed by atoms with Crippen molar-refractivity contribution in [1.82, 2.24) is 14.8 Å². The van der Waals surface area contributed by atoms with Gasteiger partial charge in [-0.1, -0.05) is 34.8 Å². The first-order valence-corrected chi connectivity index (χ1v) is 8.82. The van der Waals surface area contributed by atoms with E-state index in [1.165, 1.54) is 37.4 Å². The van der Waals surface area contributed by atoms with E-state index in [0.29, 0.717) is 0 Å².